The molecule has 1 unspecified atom stereocenters. The smallest absolute Gasteiger partial charge is 0.253 e. The molecule has 1 aromatic rings. The Balaban J connectivity index is 2.03. The number of amides is 1. The zero-order valence-electron chi connectivity index (χ0n) is 11.0. The first kappa shape index (κ1) is 13.4. The van der Waals surface area contributed by atoms with Crippen molar-refractivity contribution in [2.24, 2.45) is 0 Å². The lowest BCUT2D eigenvalue weighted by molar-refractivity contribution is 0.0709. The molecule has 0 spiro atoms. The first-order chi connectivity index (χ1) is 8.70. The Morgan fingerprint density at radius 1 is 1.44 bits per heavy atom. The molecule has 0 aliphatic carbocycles. The normalized spacial score (nSPS) is 19.9. The molecule has 0 radical (unpaired) electrons. The predicted octanol–water partition coefficient (Wildman–Crippen LogP) is 1.98. The van der Waals surface area contributed by atoms with Crippen LogP contribution in [-0.4, -0.2) is 42.7 Å². The van der Waals surface area contributed by atoms with Gasteiger partial charge in [-0.25, -0.2) is 0 Å². The van der Waals surface area contributed by atoms with Gasteiger partial charge in [0.15, 0.2) is 0 Å². The van der Waals surface area contributed by atoms with E-state index < -0.39 is 0 Å². The highest BCUT2D eigenvalue weighted by Gasteiger charge is 2.21. The molecule has 0 aromatic heterocycles. The molecule has 1 atom stereocenters. The van der Waals surface area contributed by atoms with Gasteiger partial charge in [0.25, 0.3) is 5.91 Å². The number of benzene rings is 1. The number of thioether (sulfide) groups is 1. The Labute approximate surface area is 113 Å². The standard InChI is InChI=1S/C14H20N2OS/c1-11-9-16(8-7-15-11)14(17)13-5-3-12(4-6-13)10-18-2/h3-6,11,15H,7-10H2,1-2H3. The van der Waals surface area contributed by atoms with Crippen molar-refractivity contribution in [3.63, 3.8) is 0 Å². The third-order valence-electron chi connectivity index (χ3n) is 3.17. The number of rotatable bonds is 3. The van der Waals surface area contributed by atoms with E-state index in [2.05, 4.69) is 30.6 Å². The first-order valence-corrected chi connectivity index (χ1v) is 7.70. The summed E-state index contributed by atoms with van der Waals surface area (Å²) in [4.78, 5) is 14.2. The average Bonchev–Trinajstić information content (AvgIpc) is 2.39. The molecule has 0 bridgehead atoms. The molecule has 1 N–H and O–H groups in total. The van der Waals surface area contributed by atoms with E-state index in [9.17, 15) is 4.79 Å². The second-order valence-electron chi connectivity index (χ2n) is 4.74. The van der Waals surface area contributed by atoms with Crippen molar-refractivity contribution in [3.05, 3.63) is 35.4 Å². The summed E-state index contributed by atoms with van der Waals surface area (Å²) in [5, 5.41) is 3.35. The van der Waals surface area contributed by atoms with Gasteiger partial charge in [-0.15, -0.1) is 0 Å². The Bertz CT molecular complexity index is 405. The third kappa shape index (κ3) is 3.27. The molecule has 1 fully saturated rings. The number of carbonyl (C=O) groups is 1. The molecule has 2 rings (SSSR count). The van der Waals surface area contributed by atoms with E-state index >= 15 is 0 Å². The van der Waals surface area contributed by atoms with Crippen molar-refractivity contribution >= 4 is 17.7 Å². The third-order valence-corrected chi connectivity index (χ3v) is 3.79. The number of hydrogen-bond acceptors (Lipinski definition) is 3. The van der Waals surface area contributed by atoms with E-state index in [1.165, 1.54) is 5.56 Å². The zero-order chi connectivity index (χ0) is 13.0. The van der Waals surface area contributed by atoms with Crippen LogP contribution in [0, 0.1) is 0 Å². The molecule has 98 valence electrons. The van der Waals surface area contributed by atoms with Crippen molar-refractivity contribution < 1.29 is 4.79 Å². The Morgan fingerprint density at radius 3 is 2.78 bits per heavy atom. The maximum Gasteiger partial charge on any atom is 0.253 e. The van der Waals surface area contributed by atoms with Gasteiger partial charge >= 0.3 is 0 Å². The number of nitrogens with zero attached hydrogens (tertiary/aromatic N) is 1. The second-order valence-corrected chi connectivity index (χ2v) is 5.60. The van der Waals surface area contributed by atoms with Crippen molar-refractivity contribution in [1.29, 1.82) is 0 Å². The molecule has 1 saturated heterocycles. The average molecular weight is 264 g/mol. The van der Waals surface area contributed by atoms with Crippen molar-refractivity contribution in [2.45, 2.75) is 18.7 Å². The summed E-state index contributed by atoms with van der Waals surface area (Å²) < 4.78 is 0. The summed E-state index contributed by atoms with van der Waals surface area (Å²) in [5.74, 6) is 1.15. The topological polar surface area (TPSA) is 32.3 Å². The van der Waals surface area contributed by atoms with E-state index in [4.69, 9.17) is 0 Å². The van der Waals surface area contributed by atoms with Crippen molar-refractivity contribution in [3.8, 4) is 0 Å². The van der Waals surface area contributed by atoms with Gasteiger partial charge < -0.3 is 10.2 Å². The fourth-order valence-corrected chi connectivity index (χ4v) is 2.74. The summed E-state index contributed by atoms with van der Waals surface area (Å²) in [6.07, 6.45) is 2.08. The van der Waals surface area contributed by atoms with Crippen LogP contribution < -0.4 is 5.32 Å². The quantitative estimate of drug-likeness (QED) is 0.906. The van der Waals surface area contributed by atoms with Gasteiger partial charge in [0.05, 0.1) is 0 Å². The van der Waals surface area contributed by atoms with Crippen LogP contribution in [0.1, 0.15) is 22.8 Å². The maximum absolute atomic E-state index is 12.3. The van der Waals surface area contributed by atoms with Crippen molar-refractivity contribution in [2.75, 3.05) is 25.9 Å². The molecule has 1 aliphatic rings. The minimum Gasteiger partial charge on any atom is -0.336 e. The molecular formula is C14H20N2OS. The van der Waals surface area contributed by atoms with Gasteiger partial charge in [-0.1, -0.05) is 12.1 Å². The number of hydrogen-bond donors (Lipinski definition) is 1. The molecule has 0 saturated carbocycles. The fourth-order valence-electron chi connectivity index (χ4n) is 2.21. The van der Waals surface area contributed by atoms with Crippen LogP contribution in [0.3, 0.4) is 0 Å². The first-order valence-electron chi connectivity index (χ1n) is 6.31. The van der Waals surface area contributed by atoms with Gasteiger partial charge in [-0.3, -0.25) is 4.79 Å². The molecule has 18 heavy (non-hydrogen) atoms. The SMILES string of the molecule is CSCc1ccc(C(=O)N2CCNC(C)C2)cc1. The van der Waals surface area contributed by atoms with Gasteiger partial charge in [0.1, 0.15) is 0 Å². The van der Waals surface area contributed by atoms with Crippen LogP contribution in [-0.2, 0) is 5.75 Å². The lowest BCUT2D eigenvalue weighted by Gasteiger charge is -2.32. The van der Waals surface area contributed by atoms with Crippen LogP contribution in [0.2, 0.25) is 0 Å². The highest BCUT2D eigenvalue weighted by atomic mass is 32.2. The number of piperazine rings is 1. The largest absolute Gasteiger partial charge is 0.336 e. The fraction of sp³-hybridized carbons (Fsp3) is 0.500. The maximum atomic E-state index is 12.3. The summed E-state index contributed by atoms with van der Waals surface area (Å²) >= 11 is 1.79. The Morgan fingerprint density at radius 2 is 2.17 bits per heavy atom. The summed E-state index contributed by atoms with van der Waals surface area (Å²) in [6.45, 7) is 4.60. The Hall–Kier alpha value is -1.00. The molecule has 1 amide bonds. The Kier molecular flexibility index (Phi) is 4.66. The molecule has 4 heteroatoms. The molecule has 1 aromatic carbocycles. The lowest BCUT2D eigenvalue weighted by atomic mass is 10.1. The van der Waals surface area contributed by atoms with E-state index in [0.717, 1.165) is 31.0 Å². The van der Waals surface area contributed by atoms with Crippen molar-refractivity contribution in [1.82, 2.24) is 10.2 Å². The van der Waals surface area contributed by atoms with Gasteiger partial charge in [-0.2, -0.15) is 11.8 Å². The van der Waals surface area contributed by atoms with Gasteiger partial charge in [0.2, 0.25) is 0 Å². The van der Waals surface area contributed by atoms with Gasteiger partial charge in [0, 0.05) is 37.0 Å². The minimum absolute atomic E-state index is 0.152. The molecule has 1 aliphatic heterocycles. The van der Waals surface area contributed by atoms with Crippen LogP contribution >= 0.6 is 11.8 Å². The highest BCUT2D eigenvalue weighted by molar-refractivity contribution is 7.97. The monoisotopic (exact) mass is 264 g/mol. The van der Waals surface area contributed by atoms with Crippen LogP contribution in [0.25, 0.3) is 0 Å². The van der Waals surface area contributed by atoms with Crippen LogP contribution in [0.15, 0.2) is 24.3 Å². The zero-order valence-corrected chi connectivity index (χ0v) is 11.8. The summed E-state index contributed by atoms with van der Waals surface area (Å²) in [7, 11) is 0. The number of carbonyl (C=O) groups excluding carboxylic acids is 1. The van der Waals surface area contributed by atoms with E-state index in [-0.39, 0.29) is 5.91 Å². The predicted molar refractivity (Wildman–Crippen MR) is 77.0 cm³/mol. The molecule has 3 nitrogen and oxygen atoms in total. The van der Waals surface area contributed by atoms with Crippen LogP contribution in [0.5, 0.6) is 0 Å². The van der Waals surface area contributed by atoms with E-state index in [1.54, 1.807) is 11.8 Å². The van der Waals surface area contributed by atoms with Gasteiger partial charge in [-0.05, 0) is 30.9 Å². The molecule has 1 heterocycles. The molecular weight excluding hydrogens is 244 g/mol. The second kappa shape index (κ2) is 6.25. The number of nitrogens with one attached hydrogen (secondary N) is 1. The highest BCUT2D eigenvalue weighted by Crippen LogP contribution is 2.13. The minimum atomic E-state index is 0.152. The summed E-state index contributed by atoms with van der Waals surface area (Å²) in [5.41, 5.74) is 2.07. The lowest BCUT2D eigenvalue weighted by Crippen LogP contribution is -2.51. The summed E-state index contributed by atoms with van der Waals surface area (Å²) in [6, 6.07) is 8.38. The van der Waals surface area contributed by atoms with E-state index in [0.29, 0.717) is 6.04 Å². The van der Waals surface area contributed by atoms with E-state index in [1.807, 2.05) is 17.0 Å². The van der Waals surface area contributed by atoms with Crippen LogP contribution in [0.4, 0.5) is 0 Å².